The molecule has 1 aromatic carbocycles. The molecule has 2 aromatic rings. The normalized spacial score (nSPS) is 15.3. The molecule has 1 N–H and O–H groups in total. The van der Waals surface area contributed by atoms with Crippen LogP contribution in [-0.2, 0) is 11.2 Å². The van der Waals surface area contributed by atoms with E-state index in [1.165, 1.54) is 6.07 Å². The first-order valence-corrected chi connectivity index (χ1v) is 7.50. The van der Waals surface area contributed by atoms with E-state index in [9.17, 15) is 9.18 Å². The van der Waals surface area contributed by atoms with Gasteiger partial charge in [-0.15, -0.1) is 0 Å². The van der Waals surface area contributed by atoms with Crippen LogP contribution in [0.2, 0.25) is 0 Å². The summed E-state index contributed by atoms with van der Waals surface area (Å²) in [4.78, 5) is 14.0. The summed E-state index contributed by atoms with van der Waals surface area (Å²) in [6, 6.07) is 8.49. The number of para-hydroxylation sites is 1. The van der Waals surface area contributed by atoms with E-state index in [0.717, 1.165) is 18.4 Å². The lowest BCUT2D eigenvalue weighted by Crippen LogP contribution is -2.41. The maximum Gasteiger partial charge on any atom is 0.240 e. The highest BCUT2D eigenvalue weighted by molar-refractivity contribution is 5.82. The second-order valence-corrected chi connectivity index (χ2v) is 5.58. The number of anilines is 1. The molecule has 3 rings (SSSR count). The molecule has 0 aliphatic carbocycles. The lowest BCUT2D eigenvalue weighted by molar-refractivity contribution is -0.120. The predicted molar refractivity (Wildman–Crippen MR) is 82.2 cm³/mol. The van der Waals surface area contributed by atoms with E-state index in [1.807, 2.05) is 24.0 Å². The summed E-state index contributed by atoms with van der Waals surface area (Å²) in [5.74, 6) is 0.308. The van der Waals surface area contributed by atoms with Crippen molar-refractivity contribution in [1.29, 1.82) is 0 Å². The lowest BCUT2D eigenvalue weighted by Gasteiger charge is -2.31. The van der Waals surface area contributed by atoms with Gasteiger partial charge in [-0.1, -0.05) is 12.1 Å². The van der Waals surface area contributed by atoms with Gasteiger partial charge in [-0.25, -0.2) is 4.39 Å². The van der Waals surface area contributed by atoms with Crippen molar-refractivity contribution < 1.29 is 13.6 Å². The largest absolute Gasteiger partial charge is 0.467 e. The molecule has 5 heteroatoms. The maximum atomic E-state index is 14.1. The summed E-state index contributed by atoms with van der Waals surface area (Å²) in [5, 5.41) is 2.88. The van der Waals surface area contributed by atoms with Crippen LogP contribution in [0.5, 0.6) is 0 Å². The summed E-state index contributed by atoms with van der Waals surface area (Å²) >= 11 is 0. The summed E-state index contributed by atoms with van der Waals surface area (Å²) in [7, 11) is 0. The van der Waals surface area contributed by atoms with Crippen molar-refractivity contribution in [2.75, 3.05) is 18.0 Å². The molecule has 0 spiro atoms. The topological polar surface area (TPSA) is 45.5 Å². The van der Waals surface area contributed by atoms with E-state index < -0.39 is 0 Å². The highest BCUT2D eigenvalue weighted by Crippen LogP contribution is 2.29. The SMILES string of the molecule is CC(NC(=O)CN1CCCc2cccc(F)c21)c1ccco1. The van der Waals surface area contributed by atoms with Gasteiger partial charge in [-0.05, 0) is 43.5 Å². The number of hydrogen-bond donors (Lipinski definition) is 1. The Morgan fingerprint density at radius 2 is 2.27 bits per heavy atom. The number of nitrogens with zero attached hydrogens (tertiary/aromatic N) is 1. The van der Waals surface area contributed by atoms with Crippen molar-refractivity contribution in [1.82, 2.24) is 5.32 Å². The van der Waals surface area contributed by atoms with Crippen LogP contribution in [-0.4, -0.2) is 19.0 Å². The van der Waals surface area contributed by atoms with Crippen LogP contribution in [0.25, 0.3) is 0 Å². The Bertz CT molecular complexity index is 655. The lowest BCUT2D eigenvalue weighted by atomic mass is 10.0. The van der Waals surface area contributed by atoms with Gasteiger partial charge in [0.2, 0.25) is 5.91 Å². The Balaban J connectivity index is 1.68. The molecular formula is C17H19FN2O2. The van der Waals surface area contributed by atoms with Gasteiger partial charge in [0.15, 0.2) is 0 Å². The van der Waals surface area contributed by atoms with Crippen molar-refractivity contribution in [3.05, 3.63) is 53.7 Å². The average molecular weight is 302 g/mol. The zero-order chi connectivity index (χ0) is 15.5. The summed E-state index contributed by atoms with van der Waals surface area (Å²) in [5.41, 5.74) is 1.53. The van der Waals surface area contributed by atoms with E-state index in [0.29, 0.717) is 18.0 Å². The Morgan fingerprint density at radius 3 is 3.05 bits per heavy atom. The molecule has 0 fully saturated rings. The summed E-state index contributed by atoms with van der Waals surface area (Å²) < 4.78 is 19.3. The van der Waals surface area contributed by atoms with Crippen LogP contribution in [0, 0.1) is 5.82 Å². The highest BCUT2D eigenvalue weighted by atomic mass is 19.1. The van der Waals surface area contributed by atoms with Crippen LogP contribution in [0.4, 0.5) is 10.1 Å². The highest BCUT2D eigenvalue weighted by Gasteiger charge is 2.23. The van der Waals surface area contributed by atoms with Crippen LogP contribution in [0.3, 0.4) is 0 Å². The Hall–Kier alpha value is -2.30. The molecule has 4 nitrogen and oxygen atoms in total. The molecule has 0 saturated heterocycles. The molecule has 0 bridgehead atoms. The molecule has 1 unspecified atom stereocenters. The van der Waals surface area contributed by atoms with E-state index in [2.05, 4.69) is 5.32 Å². The zero-order valence-corrected chi connectivity index (χ0v) is 12.5. The minimum absolute atomic E-state index is 0.139. The maximum absolute atomic E-state index is 14.1. The van der Waals surface area contributed by atoms with E-state index >= 15 is 0 Å². The average Bonchev–Trinajstić information content (AvgIpc) is 3.01. The first-order valence-electron chi connectivity index (χ1n) is 7.50. The molecular weight excluding hydrogens is 283 g/mol. The molecule has 116 valence electrons. The quantitative estimate of drug-likeness (QED) is 0.944. The van der Waals surface area contributed by atoms with E-state index in [4.69, 9.17) is 4.42 Å². The number of rotatable bonds is 4. The number of amides is 1. The number of carbonyl (C=O) groups excluding carboxylic acids is 1. The third-order valence-corrected chi connectivity index (χ3v) is 3.94. The Morgan fingerprint density at radius 1 is 1.41 bits per heavy atom. The van der Waals surface area contributed by atoms with E-state index in [-0.39, 0.29) is 24.3 Å². The minimum Gasteiger partial charge on any atom is -0.467 e. The summed E-state index contributed by atoms with van der Waals surface area (Å²) in [6.07, 6.45) is 3.36. The first-order chi connectivity index (χ1) is 10.6. The Kier molecular flexibility index (Phi) is 4.13. The smallest absolute Gasteiger partial charge is 0.240 e. The van der Waals surface area contributed by atoms with Gasteiger partial charge in [0, 0.05) is 6.54 Å². The van der Waals surface area contributed by atoms with Crippen molar-refractivity contribution in [2.45, 2.75) is 25.8 Å². The standard InChI is InChI=1S/C17H19FN2O2/c1-12(15-8-4-10-22-15)19-16(21)11-20-9-3-6-13-5-2-7-14(18)17(13)20/h2,4-5,7-8,10,12H,3,6,9,11H2,1H3,(H,19,21). The second kappa shape index (κ2) is 6.22. The number of benzene rings is 1. The molecule has 0 saturated carbocycles. The van der Waals surface area contributed by atoms with Gasteiger partial charge in [0.1, 0.15) is 11.6 Å². The van der Waals surface area contributed by atoms with Crippen molar-refractivity contribution in [2.24, 2.45) is 0 Å². The predicted octanol–water partition coefficient (Wildman–Crippen LogP) is 3.05. The molecule has 0 radical (unpaired) electrons. The van der Waals surface area contributed by atoms with Gasteiger partial charge in [0.05, 0.1) is 24.5 Å². The molecule has 2 heterocycles. The van der Waals surface area contributed by atoms with Crippen LogP contribution >= 0.6 is 0 Å². The third kappa shape index (κ3) is 2.98. The molecule has 1 atom stereocenters. The van der Waals surface area contributed by atoms with Crippen molar-refractivity contribution >= 4 is 11.6 Å². The minimum atomic E-state index is -0.260. The van der Waals surface area contributed by atoms with Gasteiger partial charge in [-0.2, -0.15) is 0 Å². The van der Waals surface area contributed by atoms with Crippen molar-refractivity contribution in [3.8, 4) is 0 Å². The number of furan rings is 1. The Labute approximate surface area is 128 Å². The van der Waals surface area contributed by atoms with Crippen molar-refractivity contribution in [3.63, 3.8) is 0 Å². The van der Waals surface area contributed by atoms with Crippen LogP contribution in [0.15, 0.2) is 41.0 Å². The van der Waals surface area contributed by atoms with E-state index in [1.54, 1.807) is 18.4 Å². The fourth-order valence-corrected chi connectivity index (χ4v) is 2.92. The van der Waals surface area contributed by atoms with Crippen LogP contribution < -0.4 is 10.2 Å². The second-order valence-electron chi connectivity index (χ2n) is 5.58. The molecule has 1 aromatic heterocycles. The molecule has 1 aliphatic rings. The molecule has 1 aliphatic heterocycles. The van der Waals surface area contributed by atoms with Crippen LogP contribution in [0.1, 0.15) is 30.7 Å². The number of aryl methyl sites for hydroxylation is 1. The first kappa shape index (κ1) is 14.6. The third-order valence-electron chi connectivity index (χ3n) is 3.94. The van der Waals surface area contributed by atoms with Gasteiger partial charge >= 0.3 is 0 Å². The number of fused-ring (bicyclic) bond motifs is 1. The number of nitrogens with one attached hydrogen (secondary N) is 1. The number of carbonyl (C=O) groups is 1. The monoisotopic (exact) mass is 302 g/mol. The molecule has 1 amide bonds. The number of hydrogen-bond acceptors (Lipinski definition) is 3. The van der Waals surface area contributed by atoms with Gasteiger partial charge in [0.25, 0.3) is 0 Å². The summed E-state index contributed by atoms with van der Waals surface area (Å²) in [6.45, 7) is 2.71. The molecule has 22 heavy (non-hydrogen) atoms. The number of halogens is 1. The fraction of sp³-hybridized carbons (Fsp3) is 0.353. The fourth-order valence-electron chi connectivity index (χ4n) is 2.92. The van der Waals surface area contributed by atoms with Gasteiger partial charge < -0.3 is 14.6 Å². The zero-order valence-electron chi connectivity index (χ0n) is 12.5. The van der Waals surface area contributed by atoms with Gasteiger partial charge in [-0.3, -0.25) is 4.79 Å².